The van der Waals surface area contributed by atoms with Gasteiger partial charge in [0.1, 0.15) is 25.4 Å². The molecule has 0 bridgehead atoms. The number of esters is 1. The van der Waals surface area contributed by atoms with Crippen LogP contribution < -0.4 is 4.98 Å². The molecular formula is C11H18N2O3SSi. The molecule has 0 aromatic carbocycles. The average Bonchev–Trinajstić information content (AvgIpc) is 2.24. The molecular weight excluding hydrogens is 268 g/mol. The van der Waals surface area contributed by atoms with E-state index in [0.29, 0.717) is 11.5 Å². The van der Waals surface area contributed by atoms with Crippen molar-refractivity contribution in [3.05, 3.63) is 12.0 Å². The average molecular weight is 286 g/mol. The summed E-state index contributed by atoms with van der Waals surface area (Å²) >= 11 is 1.63. The lowest BCUT2D eigenvalue weighted by molar-refractivity contribution is -0.143. The van der Waals surface area contributed by atoms with E-state index >= 15 is 0 Å². The summed E-state index contributed by atoms with van der Waals surface area (Å²) in [6, 6.07) is -0.0863. The molecule has 2 atom stereocenters. The Labute approximate surface area is 112 Å². The van der Waals surface area contributed by atoms with Crippen LogP contribution in [0.2, 0.25) is 19.6 Å². The minimum absolute atomic E-state index is 0.0688. The van der Waals surface area contributed by atoms with E-state index < -0.39 is 8.24 Å². The van der Waals surface area contributed by atoms with Gasteiger partial charge in [0.05, 0.1) is 5.75 Å². The number of amides is 1. The molecule has 2 heterocycles. The molecule has 0 aromatic rings. The van der Waals surface area contributed by atoms with Crippen LogP contribution in [0.3, 0.4) is 0 Å². The third-order valence-corrected chi connectivity index (χ3v) is 5.09. The Balaban J connectivity index is 2.02. The van der Waals surface area contributed by atoms with Crippen LogP contribution in [0.1, 0.15) is 6.92 Å². The largest absolute Gasteiger partial charge is 0.429 e. The lowest BCUT2D eigenvalue weighted by Crippen LogP contribution is -2.71. The van der Waals surface area contributed by atoms with Gasteiger partial charge in [-0.25, -0.2) is 0 Å². The lowest BCUT2D eigenvalue weighted by Gasteiger charge is -2.49. The second-order valence-corrected chi connectivity index (χ2v) is 11.4. The third kappa shape index (κ3) is 2.78. The number of nitrogens with one attached hydrogen (secondary N) is 1. The van der Waals surface area contributed by atoms with Gasteiger partial charge in [-0.15, -0.1) is 11.8 Å². The number of hydrogen-bond acceptors (Lipinski definition) is 5. The van der Waals surface area contributed by atoms with Crippen molar-refractivity contribution in [1.29, 1.82) is 0 Å². The maximum Gasteiger partial charge on any atom is 0.307 e. The quantitative estimate of drug-likeness (QED) is 0.478. The van der Waals surface area contributed by atoms with E-state index in [1.165, 1.54) is 6.92 Å². The molecule has 1 N–H and O–H groups in total. The molecule has 7 heteroatoms. The van der Waals surface area contributed by atoms with Gasteiger partial charge < -0.3 is 9.72 Å². The highest BCUT2D eigenvalue weighted by atomic mass is 32.2. The molecule has 2 aliphatic heterocycles. The van der Waals surface area contributed by atoms with E-state index in [9.17, 15) is 9.59 Å². The molecule has 1 unspecified atom stereocenters. The Bertz CT molecular complexity index is 419. The van der Waals surface area contributed by atoms with Crippen molar-refractivity contribution in [2.45, 2.75) is 38.0 Å². The number of rotatable bonds is 3. The molecule has 2 rings (SSSR count). The Kier molecular flexibility index (Phi) is 3.57. The maximum absolute atomic E-state index is 12.0. The normalized spacial score (nSPS) is 27.2. The summed E-state index contributed by atoms with van der Waals surface area (Å²) in [6.07, 6.45) is 1.66. The Morgan fingerprint density at radius 1 is 1.56 bits per heavy atom. The van der Waals surface area contributed by atoms with Crippen LogP contribution >= 0.6 is 11.8 Å². The first-order valence-electron chi connectivity index (χ1n) is 5.88. The first-order valence-corrected chi connectivity index (χ1v) is 10.4. The molecule has 0 aromatic heterocycles. The number of ether oxygens (including phenoxy) is 1. The second-order valence-electron chi connectivity index (χ2n) is 5.51. The zero-order chi connectivity index (χ0) is 13.5. The summed E-state index contributed by atoms with van der Waals surface area (Å²) in [7, 11) is -1.47. The fraction of sp³-hybridized carbons (Fsp3) is 0.636. The summed E-state index contributed by atoms with van der Waals surface area (Å²) in [5.74, 6) is 0.922. The molecule has 1 saturated heterocycles. The van der Waals surface area contributed by atoms with Gasteiger partial charge in [-0.3, -0.25) is 14.5 Å². The number of carbonyl (C=O) groups is 2. The van der Waals surface area contributed by atoms with Crippen LogP contribution in [0.5, 0.6) is 0 Å². The number of fused-ring (bicyclic) bond motifs is 1. The van der Waals surface area contributed by atoms with Crippen molar-refractivity contribution < 1.29 is 14.3 Å². The lowest BCUT2D eigenvalue weighted by atomic mass is 10.1. The predicted molar refractivity (Wildman–Crippen MR) is 73.2 cm³/mol. The van der Waals surface area contributed by atoms with Crippen molar-refractivity contribution in [1.82, 2.24) is 9.88 Å². The zero-order valence-electron chi connectivity index (χ0n) is 11.0. The molecule has 18 heavy (non-hydrogen) atoms. The van der Waals surface area contributed by atoms with Gasteiger partial charge in [0, 0.05) is 13.1 Å². The van der Waals surface area contributed by atoms with Gasteiger partial charge in [0.2, 0.25) is 5.91 Å². The number of carbonyl (C=O) groups excluding carboxylic acids is 2. The molecule has 100 valence electrons. The number of nitrogens with zero attached hydrogens (tertiary/aromatic N) is 1. The Morgan fingerprint density at radius 3 is 2.78 bits per heavy atom. The van der Waals surface area contributed by atoms with Crippen molar-refractivity contribution in [3.8, 4) is 0 Å². The summed E-state index contributed by atoms with van der Waals surface area (Å²) in [5, 5.41) is 0.142. The minimum atomic E-state index is -1.47. The molecule has 2 aliphatic rings. The van der Waals surface area contributed by atoms with E-state index in [2.05, 4.69) is 24.6 Å². The molecule has 0 aliphatic carbocycles. The molecule has 0 radical (unpaired) electrons. The highest BCUT2D eigenvalue weighted by molar-refractivity contribution is 8.00. The molecule has 5 nitrogen and oxygen atoms in total. The molecule has 0 saturated carbocycles. The van der Waals surface area contributed by atoms with Gasteiger partial charge >= 0.3 is 5.97 Å². The van der Waals surface area contributed by atoms with Crippen molar-refractivity contribution in [3.63, 3.8) is 0 Å². The number of thioether (sulfide) groups is 1. The van der Waals surface area contributed by atoms with Crippen LogP contribution in [0.4, 0.5) is 0 Å². The molecule has 1 fully saturated rings. The van der Waals surface area contributed by atoms with Gasteiger partial charge in [0.25, 0.3) is 0 Å². The monoisotopic (exact) mass is 286 g/mol. The Hall–Kier alpha value is -0.793. The standard InChI is InChI=1S/C11H18N2O3SSi/c1-7(14)16-8-5-13-10(15)9(11(13)17-6-8)12-18(2,3)4/h5,9,11-12H,6H2,1-4H3/t9?,11-/m1/s1. The highest BCUT2D eigenvalue weighted by Crippen LogP contribution is 2.36. The van der Waals surface area contributed by atoms with Crippen LogP contribution in [0.25, 0.3) is 0 Å². The summed E-state index contributed by atoms with van der Waals surface area (Å²) < 4.78 is 5.02. The smallest absolute Gasteiger partial charge is 0.307 e. The van der Waals surface area contributed by atoms with Crippen molar-refractivity contribution in [2.24, 2.45) is 0 Å². The van der Waals surface area contributed by atoms with E-state index in [1.54, 1.807) is 22.9 Å². The van der Waals surface area contributed by atoms with Crippen LogP contribution in [0.15, 0.2) is 12.0 Å². The van der Waals surface area contributed by atoms with Crippen LogP contribution in [0, 0.1) is 0 Å². The van der Waals surface area contributed by atoms with Gasteiger partial charge in [0.15, 0.2) is 0 Å². The van der Waals surface area contributed by atoms with Crippen LogP contribution in [-0.2, 0) is 14.3 Å². The first kappa shape index (κ1) is 13.6. The van der Waals surface area contributed by atoms with Gasteiger partial charge in [-0.1, -0.05) is 19.6 Å². The minimum Gasteiger partial charge on any atom is -0.429 e. The molecule has 1 amide bonds. The van der Waals surface area contributed by atoms with Crippen LogP contribution in [-0.4, -0.2) is 42.2 Å². The number of β-lactam (4-membered cyclic amide) rings is 1. The van der Waals surface area contributed by atoms with Gasteiger partial charge in [-0.2, -0.15) is 0 Å². The fourth-order valence-corrected chi connectivity index (χ4v) is 4.51. The first-order chi connectivity index (χ1) is 8.28. The highest BCUT2D eigenvalue weighted by Gasteiger charge is 2.50. The van der Waals surface area contributed by atoms with Gasteiger partial charge in [-0.05, 0) is 0 Å². The number of hydrogen-bond donors (Lipinski definition) is 1. The second kappa shape index (κ2) is 4.71. The fourth-order valence-electron chi connectivity index (χ4n) is 2.00. The SMILES string of the molecule is CC(=O)OC1=CN2C(=O)C(N[Si](C)(C)C)[C@H]2SC1. The maximum atomic E-state index is 12.0. The topological polar surface area (TPSA) is 58.6 Å². The summed E-state index contributed by atoms with van der Waals surface area (Å²) in [4.78, 5) is 28.0. The summed E-state index contributed by atoms with van der Waals surface area (Å²) in [6.45, 7) is 7.90. The van der Waals surface area contributed by atoms with Crippen molar-refractivity contribution in [2.75, 3.05) is 5.75 Å². The summed E-state index contributed by atoms with van der Waals surface area (Å²) in [5.41, 5.74) is 0. The Morgan fingerprint density at radius 2 is 2.22 bits per heavy atom. The predicted octanol–water partition coefficient (Wildman–Crippen LogP) is 1.10. The molecule has 0 spiro atoms. The van der Waals surface area contributed by atoms with E-state index in [1.807, 2.05) is 0 Å². The third-order valence-electron chi connectivity index (χ3n) is 2.62. The zero-order valence-corrected chi connectivity index (χ0v) is 12.8. The van der Waals surface area contributed by atoms with Crippen molar-refractivity contribution >= 4 is 31.9 Å². The van der Waals surface area contributed by atoms with E-state index in [4.69, 9.17) is 4.74 Å². The van der Waals surface area contributed by atoms with E-state index in [-0.39, 0.29) is 23.3 Å². The van der Waals surface area contributed by atoms with E-state index in [0.717, 1.165) is 0 Å².